The molecule has 1 atom stereocenters. The van der Waals surface area contributed by atoms with Crippen LogP contribution in [0.2, 0.25) is 0 Å². The number of aryl methyl sites for hydroxylation is 1. The molecule has 90 valence electrons. The van der Waals surface area contributed by atoms with E-state index in [-0.39, 0.29) is 5.60 Å². The molecule has 1 unspecified atom stereocenters. The molecule has 17 heavy (non-hydrogen) atoms. The summed E-state index contributed by atoms with van der Waals surface area (Å²) in [6.07, 6.45) is 4.10. The SMILES string of the molecule is COC1=CC12CCc1cc(Br)c(C)c(C)c1O2. The molecule has 1 aromatic carbocycles. The second-order valence-corrected chi connectivity index (χ2v) is 5.66. The first-order chi connectivity index (χ1) is 8.07. The van der Waals surface area contributed by atoms with Gasteiger partial charge in [0.2, 0.25) is 0 Å². The fourth-order valence-electron chi connectivity index (χ4n) is 2.48. The summed E-state index contributed by atoms with van der Waals surface area (Å²) in [4.78, 5) is 0. The number of benzene rings is 1. The predicted octanol–water partition coefficient (Wildman–Crippen LogP) is 3.67. The third-order valence-corrected chi connectivity index (χ3v) is 4.65. The Balaban J connectivity index is 2.01. The molecule has 1 aliphatic carbocycles. The number of ether oxygens (including phenoxy) is 2. The summed E-state index contributed by atoms with van der Waals surface area (Å²) in [5.41, 5.74) is 3.54. The van der Waals surface area contributed by atoms with Crippen molar-refractivity contribution in [1.82, 2.24) is 0 Å². The van der Waals surface area contributed by atoms with Gasteiger partial charge in [0.15, 0.2) is 5.60 Å². The number of hydrogen-bond donors (Lipinski definition) is 0. The molecule has 0 aromatic heterocycles. The summed E-state index contributed by atoms with van der Waals surface area (Å²) in [7, 11) is 1.71. The van der Waals surface area contributed by atoms with Gasteiger partial charge in [-0.05, 0) is 43.0 Å². The maximum absolute atomic E-state index is 6.16. The van der Waals surface area contributed by atoms with Crippen LogP contribution in [0.25, 0.3) is 0 Å². The lowest BCUT2D eigenvalue weighted by Gasteiger charge is -2.29. The maximum atomic E-state index is 6.16. The van der Waals surface area contributed by atoms with E-state index in [4.69, 9.17) is 9.47 Å². The molecule has 0 saturated carbocycles. The summed E-state index contributed by atoms with van der Waals surface area (Å²) in [5.74, 6) is 2.02. The van der Waals surface area contributed by atoms with Gasteiger partial charge in [-0.15, -0.1) is 0 Å². The summed E-state index contributed by atoms with van der Waals surface area (Å²) >= 11 is 3.60. The van der Waals surface area contributed by atoms with Gasteiger partial charge in [-0.3, -0.25) is 0 Å². The molecule has 0 N–H and O–H groups in total. The monoisotopic (exact) mass is 294 g/mol. The topological polar surface area (TPSA) is 18.5 Å². The van der Waals surface area contributed by atoms with Gasteiger partial charge in [-0.2, -0.15) is 0 Å². The summed E-state index contributed by atoms with van der Waals surface area (Å²) in [5, 5.41) is 0. The highest BCUT2D eigenvalue weighted by Crippen LogP contribution is 2.49. The van der Waals surface area contributed by atoms with Crippen LogP contribution in [-0.2, 0) is 11.2 Å². The first kappa shape index (κ1) is 11.1. The maximum Gasteiger partial charge on any atom is 0.187 e. The molecule has 1 aromatic rings. The minimum absolute atomic E-state index is 0.229. The number of fused-ring (bicyclic) bond motifs is 1. The summed E-state index contributed by atoms with van der Waals surface area (Å²) in [6.45, 7) is 4.23. The number of rotatable bonds is 1. The standard InChI is InChI=1S/C14H15BrO2/c1-8-9(2)13-10(6-11(8)15)4-5-14(17-13)7-12(14)16-3/h6-7H,4-5H2,1-3H3. The molecule has 3 heteroatoms. The van der Waals surface area contributed by atoms with Crippen molar-refractivity contribution in [2.45, 2.75) is 32.3 Å². The fourth-order valence-corrected chi connectivity index (χ4v) is 3.05. The van der Waals surface area contributed by atoms with Crippen molar-refractivity contribution >= 4 is 15.9 Å². The molecule has 2 aliphatic rings. The Hall–Kier alpha value is -0.960. The number of hydrogen-bond acceptors (Lipinski definition) is 2. The van der Waals surface area contributed by atoms with Crippen molar-refractivity contribution in [2.24, 2.45) is 0 Å². The molecule has 3 rings (SSSR count). The van der Waals surface area contributed by atoms with E-state index in [1.54, 1.807) is 7.11 Å². The Morgan fingerprint density at radius 2 is 2.12 bits per heavy atom. The molecule has 1 spiro atoms. The summed E-state index contributed by atoms with van der Waals surface area (Å²) < 4.78 is 12.6. The first-order valence-electron chi connectivity index (χ1n) is 5.82. The molecule has 1 aliphatic heterocycles. The molecule has 0 bridgehead atoms. The largest absolute Gasteiger partial charge is 0.497 e. The third-order valence-electron chi connectivity index (χ3n) is 3.82. The van der Waals surface area contributed by atoms with Gasteiger partial charge in [0.25, 0.3) is 0 Å². The molecule has 0 amide bonds. The molecule has 2 nitrogen and oxygen atoms in total. The van der Waals surface area contributed by atoms with E-state index in [0.717, 1.165) is 24.4 Å². The Morgan fingerprint density at radius 3 is 2.76 bits per heavy atom. The summed E-state index contributed by atoms with van der Waals surface area (Å²) in [6, 6.07) is 2.18. The lowest BCUT2D eigenvalue weighted by molar-refractivity contribution is 0.120. The first-order valence-corrected chi connectivity index (χ1v) is 6.61. The van der Waals surface area contributed by atoms with Gasteiger partial charge in [-0.1, -0.05) is 15.9 Å². The lowest BCUT2D eigenvalue weighted by Crippen LogP contribution is -2.29. The minimum atomic E-state index is -0.229. The second kappa shape index (κ2) is 3.52. The zero-order valence-electron chi connectivity index (χ0n) is 10.3. The van der Waals surface area contributed by atoms with Crippen molar-refractivity contribution in [1.29, 1.82) is 0 Å². The molecular weight excluding hydrogens is 280 g/mol. The van der Waals surface area contributed by atoms with Gasteiger partial charge in [-0.25, -0.2) is 0 Å². The Morgan fingerprint density at radius 1 is 1.35 bits per heavy atom. The van der Waals surface area contributed by atoms with Crippen LogP contribution >= 0.6 is 15.9 Å². The number of methoxy groups -OCH3 is 1. The van der Waals surface area contributed by atoms with Crippen LogP contribution in [0.15, 0.2) is 22.4 Å². The fraction of sp³-hybridized carbons (Fsp3) is 0.429. The number of halogens is 1. The van der Waals surface area contributed by atoms with Crippen LogP contribution in [0, 0.1) is 13.8 Å². The van der Waals surface area contributed by atoms with E-state index < -0.39 is 0 Å². The zero-order chi connectivity index (χ0) is 12.2. The van der Waals surface area contributed by atoms with E-state index in [1.165, 1.54) is 21.2 Å². The Kier molecular flexibility index (Phi) is 2.31. The van der Waals surface area contributed by atoms with Crippen molar-refractivity contribution in [2.75, 3.05) is 7.11 Å². The van der Waals surface area contributed by atoms with Gasteiger partial charge in [0.1, 0.15) is 11.5 Å². The van der Waals surface area contributed by atoms with Crippen LogP contribution in [0.4, 0.5) is 0 Å². The van der Waals surface area contributed by atoms with Crippen LogP contribution in [0.3, 0.4) is 0 Å². The normalized spacial score (nSPS) is 25.1. The van der Waals surface area contributed by atoms with Crippen molar-refractivity contribution < 1.29 is 9.47 Å². The molecule has 0 fully saturated rings. The van der Waals surface area contributed by atoms with Crippen molar-refractivity contribution in [3.63, 3.8) is 0 Å². The minimum Gasteiger partial charge on any atom is -0.497 e. The van der Waals surface area contributed by atoms with Gasteiger partial charge in [0, 0.05) is 17.0 Å². The average molecular weight is 295 g/mol. The predicted molar refractivity (Wildman–Crippen MR) is 70.4 cm³/mol. The third kappa shape index (κ3) is 1.52. The average Bonchev–Trinajstić information content (AvgIpc) is 3.01. The smallest absolute Gasteiger partial charge is 0.187 e. The van der Waals surface area contributed by atoms with Crippen LogP contribution < -0.4 is 4.74 Å². The van der Waals surface area contributed by atoms with Crippen LogP contribution in [-0.4, -0.2) is 12.7 Å². The molecular formula is C14H15BrO2. The van der Waals surface area contributed by atoms with Crippen LogP contribution in [0.1, 0.15) is 23.1 Å². The highest BCUT2D eigenvalue weighted by molar-refractivity contribution is 9.10. The van der Waals surface area contributed by atoms with Gasteiger partial charge >= 0.3 is 0 Å². The van der Waals surface area contributed by atoms with E-state index in [1.807, 2.05) is 0 Å². The van der Waals surface area contributed by atoms with Crippen LogP contribution in [0.5, 0.6) is 5.75 Å². The molecule has 0 radical (unpaired) electrons. The Bertz CT molecular complexity index is 534. The molecule has 1 heterocycles. The highest BCUT2D eigenvalue weighted by atomic mass is 79.9. The van der Waals surface area contributed by atoms with Gasteiger partial charge in [0.05, 0.1) is 7.11 Å². The van der Waals surface area contributed by atoms with E-state index in [2.05, 4.69) is 41.9 Å². The Labute approximate surface area is 110 Å². The molecule has 0 saturated heterocycles. The van der Waals surface area contributed by atoms with Gasteiger partial charge < -0.3 is 9.47 Å². The second-order valence-electron chi connectivity index (χ2n) is 4.80. The zero-order valence-corrected chi connectivity index (χ0v) is 11.8. The quantitative estimate of drug-likeness (QED) is 0.787. The van der Waals surface area contributed by atoms with Crippen molar-refractivity contribution in [3.05, 3.63) is 39.1 Å². The van der Waals surface area contributed by atoms with Crippen molar-refractivity contribution in [3.8, 4) is 5.75 Å². The van der Waals surface area contributed by atoms with E-state index >= 15 is 0 Å². The lowest BCUT2D eigenvalue weighted by atomic mass is 9.95. The van der Waals surface area contributed by atoms with E-state index in [9.17, 15) is 0 Å². The van der Waals surface area contributed by atoms with E-state index in [0.29, 0.717) is 0 Å². The highest BCUT2D eigenvalue weighted by Gasteiger charge is 2.51.